The first-order valence-electron chi connectivity index (χ1n) is 8.50. The van der Waals surface area contributed by atoms with Gasteiger partial charge in [0.2, 0.25) is 5.88 Å². The topological polar surface area (TPSA) is 56.1 Å². The molecule has 0 saturated carbocycles. The molecule has 1 aliphatic rings. The van der Waals surface area contributed by atoms with Crippen molar-refractivity contribution in [3.8, 4) is 5.88 Å². The molecule has 0 fully saturated rings. The third kappa shape index (κ3) is 3.88. The number of fused-ring (bicyclic) bond motifs is 1. The van der Waals surface area contributed by atoms with E-state index < -0.39 is 0 Å². The van der Waals surface area contributed by atoms with Crippen LogP contribution in [-0.2, 0) is 26.1 Å². The van der Waals surface area contributed by atoms with Gasteiger partial charge in [-0.15, -0.1) is 21.5 Å². The van der Waals surface area contributed by atoms with Gasteiger partial charge in [-0.3, -0.25) is 4.90 Å². The number of thiophene rings is 1. The van der Waals surface area contributed by atoms with Gasteiger partial charge in [0.15, 0.2) is 5.82 Å². The maximum absolute atomic E-state index is 5.74. The number of aromatic nitrogens is 4. The quantitative estimate of drug-likeness (QED) is 0.704. The third-order valence-corrected chi connectivity index (χ3v) is 5.34. The fraction of sp³-hybridized carbons (Fsp3) is 0.389. The van der Waals surface area contributed by atoms with Crippen LogP contribution >= 0.6 is 11.3 Å². The molecule has 25 heavy (non-hydrogen) atoms. The van der Waals surface area contributed by atoms with Crippen LogP contribution in [0.3, 0.4) is 0 Å². The van der Waals surface area contributed by atoms with Gasteiger partial charge < -0.3 is 9.30 Å². The second-order valence-corrected chi connectivity index (χ2v) is 7.55. The minimum Gasteiger partial charge on any atom is -0.469 e. The summed E-state index contributed by atoms with van der Waals surface area (Å²) in [6.45, 7) is 6.47. The van der Waals surface area contributed by atoms with Crippen molar-refractivity contribution in [2.45, 2.75) is 33.0 Å². The molecule has 6 nitrogen and oxygen atoms in total. The third-order valence-electron chi connectivity index (χ3n) is 4.36. The highest BCUT2D eigenvalue weighted by molar-refractivity contribution is 7.11. The lowest BCUT2D eigenvalue weighted by Crippen LogP contribution is -2.26. The van der Waals surface area contributed by atoms with Gasteiger partial charge >= 0.3 is 0 Å². The van der Waals surface area contributed by atoms with Crippen LogP contribution in [0, 0.1) is 6.92 Å². The molecule has 4 heterocycles. The Kier molecular flexibility index (Phi) is 4.76. The van der Waals surface area contributed by atoms with Gasteiger partial charge in [-0.2, -0.15) is 0 Å². The van der Waals surface area contributed by atoms with Gasteiger partial charge in [-0.25, -0.2) is 4.98 Å². The molecule has 0 unspecified atom stereocenters. The first kappa shape index (κ1) is 16.2. The van der Waals surface area contributed by atoms with Crippen LogP contribution in [0.25, 0.3) is 0 Å². The lowest BCUT2D eigenvalue weighted by Gasteiger charge is -2.18. The van der Waals surface area contributed by atoms with Crippen molar-refractivity contribution in [1.29, 1.82) is 0 Å². The van der Waals surface area contributed by atoms with Crippen molar-refractivity contribution in [2.75, 3.05) is 13.1 Å². The van der Waals surface area contributed by atoms with E-state index in [0.29, 0.717) is 12.5 Å². The van der Waals surface area contributed by atoms with Crippen LogP contribution in [0.2, 0.25) is 0 Å². The Morgan fingerprint density at radius 2 is 2.08 bits per heavy atom. The molecule has 7 heteroatoms. The predicted octanol–water partition coefficient (Wildman–Crippen LogP) is 2.68. The molecule has 0 N–H and O–H groups in total. The number of ether oxygens (including phenoxy) is 1. The minimum atomic E-state index is 0.397. The molecule has 1 aliphatic heterocycles. The highest BCUT2D eigenvalue weighted by Gasteiger charge is 2.19. The highest BCUT2D eigenvalue weighted by Crippen LogP contribution is 2.19. The zero-order chi connectivity index (χ0) is 17.1. The Bertz CT molecular complexity index is 829. The Morgan fingerprint density at radius 3 is 2.88 bits per heavy atom. The summed E-state index contributed by atoms with van der Waals surface area (Å²) in [5.74, 6) is 2.53. The van der Waals surface area contributed by atoms with Crippen LogP contribution in [0.15, 0.2) is 36.5 Å². The average molecular weight is 355 g/mol. The summed E-state index contributed by atoms with van der Waals surface area (Å²) < 4.78 is 7.93. The maximum Gasteiger partial charge on any atom is 0.213 e. The number of aryl methyl sites for hydroxylation is 1. The van der Waals surface area contributed by atoms with Gasteiger partial charge in [-0.1, -0.05) is 6.07 Å². The molecule has 0 atom stereocenters. The van der Waals surface area contributed by atoms with Crippen LogP contribution in [-0.4, -0.2) is 37.7 Å². The van der Waals surface area contributed by atoms with Crippen LogP contribution in [0.5, 0.6) is 5.88 Å². The van der Waals surface area contributed by atoms with E-state index in [2.05, 4.69) is 43.7 Å². The van der Waals surface area contributed by atoms with Crippen LogP contribution in [0.4, 0.5) is 0 Å². The molecule has 0 saturated heterocycles. The van der Waals surface area contributed by atoms with Crippen LogP contribution in [0.1, 0.15) is 21.4 Å². The van der Waals surface area contributed by atoms with Crippen molar-refractivity contribution in [3.05, 3.63) is 57.9 Å². The molecule has 0 spiro atoms. The Labute approximate surface area is 151 Å². The summed E-state index contributed by atoms with van der Waals surface area (Å²) in [5.41, 5.74) is 0. The summed E-state index contributed by atoms with van der Waals surface area (Å²) in [7, 11) is 0. The molecule has 130 valence electrons. The molecular formula is C18H21N5OS. The minimum absolute atomic E-state index is 0.397. The Balaban J connectivity index is 1.39. The molecule has 0 aliphatic carbocycles. The number of nitrogens with zero attached hydrogens (tertiary/aromatic N) is 5. The normalized spacial score (nSPS) is 14.9. The molecule has 0 bridgehead atoms. The Morgan fingerprint density at radius 1 is 1.12 bits per heavy atom. The van der Waals surface area contributed by atoms with Gasteiger partial charge in [0, 0.05) is 54.6 Å². The largest absolute Gasteiger partial charge is 0.469 e. The van der Waals surface area contributed by atoms with Crippen molar-refractivity contribution in [1.82, 2.24) is 24.6 Å². The molecule has 3 aromatic rings. The number of pyridine rings is 1. The van der Waals surface area contributed by atoms with Crippen molar-refractivity contribution in [3.63, 3.8) is 0 Å². The van der Waals surface area contributed by atoms with Crippen LogP contribution < -0.4 is 4.74 Å². The molecule has 4 rings (SSSR count). The van der Waals surface area contributed by atoms with Crippen molar-refractivity contribution >= 4 is 11.3 Å². The summed E-state index contributed by atoms with van der Waals surface area (Å²) in [4.78, 5) is 9.47. The zero-order valence-electron chi connectivity index (χ0n) is 14.3. The number of rotatable bonds is 5. The summed E-state index contributed by atoms with van der Waals surface area (Å²) >= 11 is 1.88. The van der Waals surface area contributed by atoms with E-state index >= 15 is 0 Å². The standard InChI is InChI=1S/C18H21N5OS/c1-14-5-6-15(25-14)12-22-9-7-16-20-21-17(23(16)11-10-22)13-24-18-4-2-3-8-19-18/h2-6,8H,7,9-13H2,1H3. The van der Waals surface area contributed by atoms with E-state index in [9.17, 15) is 0 Å². The smallest absolute Gasteiger partial charge is 0.213 e. The highest BCUT2D eigenvalue weighted by atomic mass is 32.1. The molecule has 0 amide bonds. The SMILES string of the molecule is Cc1ccc(CN2CCc3nnc(COc4ccccn4)n3CC2)s1. The number of hydrogen-bond acceptors (Lipinski definition) is 6. The van der Waals surface area contributed by atoms with E-state index in [-0.39, 0.29) is 0 Å². The molecular weight excluding hydrogens is 334 g/mol. The van der Waals surface area contributed by atoms with E-state index in [1.165, 1.54) is 9.75 Å². The monoisotopic (exact) mass is 355 g/mol. The van der Waals surface area contributed by atoms with Gasteiger partial charge in [-0.05, 0) is 25.1 Å². The fourth-order valence-corrected chi connectivity index (χ4v) is 3.99. The molecule has 3 aromatic heterocycles. The van der Waals surface area contributed by atoms with Gasteiger partial charge in [0.05, 0.1) is 0 Å². The van der Waals surface area contributed by atoms with E-state index in [1.54, 1.807) is 6.20 Å². The zero-order valence-corrected chi connectivity index (χ0v) is 15.1. The average Bonchev–Trinajstić information content (AvgIpc) is 3.16. The molecule has 0 radical (unpaired) electrons. The second kappa shape index (κ2) is 7.33. The first-order chi connectivity index (χ1) is 12.3. The summed E-state index contributed by atoms with van der Waals surface area (Å²) in [5, 5.41) is 8.67. The lowest BCUT2D eigenvalue weighted by atomic mass is 10.3. The van der Waals surface area contributed by atoms with E-state index in [1.807, 2.05) is 29.5 Å². The van der Waals surface area contributed by atoms with Crippen molar-refractivity contribution in [2.24, 2.45) is 0 Å². The van der Waals surface area contributed by atoms with E-state index in [4.69, 9.17) is 4.74 Å². The predicted molar refractivity (Wildman–Crippen MR) is 96.6 cm³/mol. The summed E-state index contributed by atoms with van der Waals surface area (Å²) in [6, 6.07) is 10.1. The summed E-state index contributed by atoms with van der Waals surface area (Å²) in [6.07, 6.45) is 2.64. The maximum atomic E-state index is 5.74. The first-order valence-corrected chi connectivity index (χ1v) is 9.32. The van der Waals surface area contributed by atoms with Crippen molar-refractivity contribution < 1.29 is 4.74 Å². The van der Waals surface area contributed by atoms with E-state index in [0.717, 1.165) is 44.2 Å². The number of hydrogen-bond donors (Lipinski definition) is 0. The second-order valence-electron chi connectivity index (χ2n) is 6.18. The van der Waals surface area contributed by atoms with Gasteiger partial charge in [0.25, 0.3) is 0 Å². The Hall–Kier alpha value is -2.25. The molecule has 0 aromatic carbocycles. The van der Waals surface area contributed by atoms with Gasteiger partial charge in [0.1, 0.15) is 12.4 Å². The lowest BCUT2D eigenvalue weighted by molar-refractivity contribution is 0.260. The fourth-order valence-electron chi connectivity index (χ4n) is 3.05.